The highest BCUT2D eigenvalue weighted by atomic mass is 16.5. The van der Waals surface area contributed by atoms with Gasteiger partial charge in [0, 0.05) is 17.7 Å². The summed E-state index contributed by atoms with van der Waals surface area (Å²) in [5, 5.41) is 29.4. The van der Waals surface area contributed by atoms with Crippen LogP contribution in [-0.4, -0.2) is 49.9 Å². The predicted octanol–water partition coefficient (Wildman–Crippen LogP) is 2.55. The number of fused-ring (bicyclic) bond motifs is 1. The van der Waals surface area contributed by atoms with Gasteiger partial charge < -0.3 is 34.3 Å². The highest BCUT2D eigenvalue weighted by Crippen LogP contribution is 2.52. The standard InChI is InChI=1S/C21H26O7/c1-25-16-9-13(10-17(26-2)19(16)24)20-15(11-23)14-7-12(5-4-6-22)8-18(27-3)21(14)28-20/h7-10,15,20,22-24H,4-6,11H2,1-3H3/t15-,20-/m0/s1. The van der Waals surface area contributed by atoms with E-state index in [1.54, 1.807) is 19.2 Å². The Bertz CT molecular complexity index is 809. The van der Waals surface area contributed by atoms with Gasteiger partial charge in [0.1, 0.15) is 6.10 Å². The van der Waals surface area contributed by atoms with E-state index < -0.39 is 6.10 Å². The average Bonchev–Trinajstić information content (AvgIpc) is 3.10. The van der Waals surface area contributed by atoms with Crippen molar-refractivity contribution in [1.29, 1.82) is 0 Å². The van der Waals surface area contributed by atoms with Crippen molar-refractivity contribution in [3.8, 4) is 28.7 Å². The minimum Gasteiger partial charge on any atom is -0.502 e. The summed E-state index contributed by atoms with van der Waals surface area (Å²) >= 11 is 0. The summed E-state index contributed by atoms with van der Waals surface area (Å²) in [5.41, 5.74) is 2.57. The van der Waals surface area contributed by atoms with Crippen molar-refractivity contribution in [1.82, 2.24) is 0 Å². The lowest BCUT2D eigenvalue weighted by Gasteiger charge is -2.20. The van der Waals surface area contributed by atoms with Gasteiger partial charge in [0.25, 0.3) is 0 Å². The maximum Gasteiger partial charge on any atom is 0.200 e. The number of ether oxygens (including phenoxy) is 4. The van der Waals surface area contributed by atoms with Crippen LogP contribution in [0.2, 0.25) is 0 Å². The highest BCUT2D eigenvalue weighted by molar-refractivity contribution is 5.58. The number of aliphatic hydroxyl groups excluding tert-OH is 2. The number of hydrogen-bond donors (Lipinski definition) is 3. The molecule has 7 heteroatoms. The first-order chi connectivity index (χ1) is 13.6. The largest absolute Gasteiger partial charge is 0.502 e. The Morgan fingerprint density at radius 2 is 1.57 bits per heavy atom. The van der Waals surface area contributed by atoms with Gasteiger partial charge in [0.05, 0.1) is 33.9 Å². The molecule has 0 saturated carbocycles. The number of hydrogen-bond acceptors (Lipinski definition) is 7. The molecular formula is C21H26O7. The van der Waals surface area contributed by atoms with Crippen molar-refractivity contribution < 1.29 is 34.3 Å². The SMILES string of the molecule is COc1cc([C@@H]2Oc3c(OC)cc(CCCO)cc3[C@@H]2CO)cc(OC)c1O. The number of aromatic hydroxyl groups is 1. The van der Waals surface area contributed by atoms with Crippen LogP contribution in [0.4, 0.5) is 0 Å². The summed E-state index contributed by atoms with van der Waals surface area (Å²) < 4.78 is 22.2. The van der Waals surface area contributed by atoms with Crippen LogP contribution in [0.15, 0.2) is 24.3 Å². The lowest BCUT2D eigenvalue weighted by molar-refractivity contribution is 0.156. The molecule has 0 amide bonds. The zero-order chi connectivity index (χ0) is 20.3. The van der Waals surface area contributed by atoms with Crippen LogP contribution < -0.4 is 18.9 Å². The van der Waals surface area contributed by atoms with E-state index in [0.29, 0.717) is 29.9 Å². The number of benzene rings is 2. The quantitative estimate of drug-likeness (QED) is 0.637. The van der Waals surface area contributed by atoms with Crippen LogP contribution in [0.3, 0.4) is 0 Å². The Kier molecular flexibility index (Phi) is 6.16. The van der Waals surface area contributed by atoms with Gasteiger partial charge in [-0.2, -0.15) is 0 Å². The molecule has 152 valence electrons. The first-order valence-corrected chi connectivity index (χ1v) is 9.11. The molecule has 0 spiro atoms. The predicted molar refractivity (Wildman–Crippen MR) is 103 cm³/mol. The van der Waals surface area contributed by atoms with E-state index in [9.17, 15) is 10.2 Å². The van der Waals surface area contributed by atoms with Gasteiger partial charge in [-0.3, -0.25) is 0 Å². The molecule has 3 N–H and O–H groups in total. The Morgan fingerprint density at radius 1 is 0.929 bits per heavy atom. The van der Waals surface area contributed by atoms with E-state index >= 15 is 0 Å². The molecule has 0 aliphatic carbocycles. The summed E-state index contributed by atoms with van der Waals surface area (Å²) in [6.07, 6.45) is 0.844. The van der Waals surface area contributed by atoms with Crippen LogP contribution >= 0.6 is 0 Å². The molecule has 2 aromatic rings. The van der Waals surface area contributed by atoms with Crippen molar-refractivity contribution in [3.05, 3.63) is 41.0 Å². The molecule has 3 rings (SSSR count). The third kappa shape index (κ3) is 3.55. The second-order valence-corrected chi connectivity index (χ2v) is 6.65. The zero-order valence-corrected chi connectivity index (χ0v) is 16.3. The molecule has 0 aromatic heterocycles. The molecular weight excluding hydrogens is 364 g/mol. The fraction of sp³-hybridized carbons (Fsp3) is 0.429. The molecule has 0 unspecified atom stereocenters. The fourth-order valence-electron chi connectivity index (χ4n) is 3.61. The smallest absolute Gasteiger partial charge is 0.200 e. The summed E-state index contributed by atoms with van der Waals surface area (Å²) in [6.45, 7) is -0.0230. The maximum absolute atomic E-state index is 10.2. The van der Waals surface area contributed by atoms with Crippen molar-refractivity contribution >= 4 is 0 Å². The minimum absolute atomic E-state index is 0.0892. The first-order valence-electron chi connectivity index (χ1n) is 9.11. The van der Waals surface area contributed by atoms with E-state index in [1.165, 1.54) is 14.2 Å². The van der Waals surface area contributed by atoms with Crippen molar-refractivity contribution in [2.45, 2.75) is 24.9 Å². The van der Waals surface area contributed by atoms with Crippen LogP contribution in [0, 0.1) is 0 Å². The summed E-state index contributed by atoms with van der Waals surface area (Å²) in [7, 11) is 4.49. The number of phenols is 1. The van der Waals surface area contributed by atoms with Crippen molar-refractivity contribution in [2.24, 2.45) is 0 Å². The molecule has 28 heavy (non-hydrogen) atoms. The molecule has 0 saturated heterocycles. The summed E-state index contributed by atoms with van der Waals surface area (Å²) in [6, 6.07) is 7.24. The first kappa shape index (κ1) is 20.1. The topological polar surface area (TPSA) is 97.6 Å². The maximum atomic E-state index is 10.2. The molecule has 0 bridgehead atoms. The van der Waals surface area contributed by atoms with Crippen LogP contribution in [-0.2, 0) is 6.42 Å². The minimum atomic E-state index is -0.495. The number of methoxy groups -OCH3 is 3. The molecule has 2 aromatic carbocycles. The Labute approximate surface area is 164 Å². The lowest BCUT2D eigenvalue weighted by Crippen LogP contribution is -2.13. The molecule has 0 radical (unpaired) electrons. The second-order valence-electron chi connectivity index (χ2n) is 6.65. The number of phenolic OH excluding ortho intramolecular Hbond substituents is 1. The van der Waals surface area contributed by atoms with Crippen LogP contribution in [0.1, 0.15) is 35.1 Å². The van der Waals surface area contributed by atoms with E-state index in [4.69, 9.17) is 24.1 Å². The second kappa shape index (κ2) is 8.58. The molecule has 7 nitrogen and oxygen atoms in total. The van der Waals surface area contributed by atoms with Crippen molar-refractivity contribution in [2.75, 3.05) is 34.5 Å². The van der Waals surface area contributed by atoms with Gasteiger partial charge in [0.15, 0.2) is 23.0 Å². The number of aryl methyl sites for hydroxylation is 1. The van der Waals surface area contributed by atoms with Crippen LogP contribution in [0.5, 0.6) is 28.7 Å². The number of aliphatic hydroxyl groups is 2. The molecule has 1 aliphatic rings. The Hall–Kier alpha value is -2.64. The van der Waals surface area contributed by atoms with E-state index in [-0.39, 0.29) is 36.4 Å². The van der Waals surface area contributed by atoms with Gasteiger partial charge in [0.2, 0.25) is 5.75 Å². The van der Waals surface area contributed by atoms with E-state index in [0.717, 1.165) is 11.1 Å². The van der Waals surface area contributed by atoms with E-state index in [1.807, 2.05) is 12.1 Å². The normalized spacial score (nSPS) is 17.8. The summed E-state index contributed by atoms with van der Waals surface area (Å²) in [5.74, 6) is 1.29. The van der Waals surface area contributed by atoms with Gasteiger partial charge in [-0.15, -0.1) is 0 Å². The Morgan fingerprint density at radius 3 is 2.11 bits per heavy atom. The highest BCUT2D eigenvalue weighted by Gasteiger charge is 2.38. The lowest BCUT2D eigenvalue weighted by atomic mass is 9.90. The van der Waals surface area contributed by atoms with Gasteiger partial charge in [-0.25, -0.2) is 0 Å². The van der Waals surface area contributed by atoms with Gasteiger partial charge >= 0.3 is 0 Å². The molecule has 2 atom stereocenters. The number of rotatable bonds is 8. The average molecular weight is 390 g/mol. The van der Waals surface area contributed by atoms with Crippen molar-refractivity contribution in [3.63, 3.8) is 0 Å². The van der Waals surface area contributed by atoms with Gasteiger partial charge in [-0.1, -0.05) is 6.07 Å². The third-order valence-electron chi connectivity index (χ3n) is 5.02. The molecule has 1 aliphatic heterocycles. The fourth-order valence-corrected chi connectivity index (χ4v) is 3.61. The monoisotopic (exact) mass is 390 g/mol. The third-order valence-corrected chi connectivity index (χ3v) is 5.02. The summed E-state index contributed by atoms with van der Waals surface area (Å²) in [4.78, 5) is 0. The zero-order valence-electron chi connectivity index (χ0n) is 16.3. The van der Waals surface area contributed by atoms with Gasteiger partial charge in [-0.05, 0) is 36.6 Å². The van der Waals surface area contributed by atoms with E-state index in [2.05, 4.69) is 0 Å². The van der Waals surface area contributed by atoms with Crippen LogP contribution in [0.25, 0.3) is 0 Å². The molecule has 1 heterocycles. The Balaban J connectivity index is 2.05. The molecule has 0 fully saturated rings.